The Labute approximate surface area is 107 Å². The lowest BCUT2D eigenvalue weighted by molar-refractivity contribution is 0.401. The molecule has 1 aliphatic carbocycles. The second kappa shape index (κ2) is 5.87. The fourth-order valence-corrected chi connectivity index (χ4v) is 3.65. The number of benzene rings is 1. The Morgan fingerprint density at radius 2 is 1.94 bits per heavy atom. The number of thioether (sulfide) groups is 1. The lowest BCUT2D eigenvalue weighted by Crippen LogP contribution is -2.30. The monoisotopic (exact) mass is 253 g/mol. The maximum atomic E-state index is 13.0. The van der Waals surface area contributed by atoms with Crippen molar-refractivity contribution < 1.29 is 4.39 Å². The zero-order valence-corrected chi connectivity index (χ0v) is 11.3. The Hall–Kier alpha value is -0.540. The van der Waals surface area contributed by atoms with Crippen LogP contribution in [0, 0.1) is 12.7 Å². The molecule has 1 aromatic rings. The van der Waals surface area contributed by atoms with Gasteiger partial charge in [0.05, 0.1) is 0 Å². The molecule has 0 aromatic heterocycles. The van der Waals surface area contributed by atoms with Crippen molar-refractivity contribution in [3.05, 3.63) is 29.6 Å². The van der Waals surface area contributed by atoms with E-state index in [1.807, 2.05) is 31.8 Å². The zero-order chi connectivity index (χ0) is 12.3. The third-order valence-corrected chi connectivity index (χ3v) is 5.03. The molecule has 1 aromatic carbocycles. The van der Waals surface area contributed by atoms with Crippen LogP contribution in [0.3, 0.4) is 0 Å². The van der Waals surface area contributed by atoms with E-state index in [2.05, 4.69) is 5.32 Å². The van der Waals surface area contributed by atoms with Gasteiger partial charge in [-0.15, -0.1) is 11.8 Å². The molecule has 17 heavy (non-hydrogen) atoms. The Bertz CT molecular complexity index is 372. The largest absolute Gasteiger partial charge is 0.317 e. The van der Waals surface area contributed by atoms with Gasteiger partial charge in [0.1, 0.15) is 5.82 Å². The molecule has 0 aliphatic heterocycles. The van der Waals surface area contributed by atoms with Crippen molar-refractivity contribution in [2.24, 2.45) is 0 Å². The summed E-state index contributed by atoms with van der Waals surface area (Å²) in [5, 5.41) is 4.05. The predicted molar refractivity (Wildman–Crippen MR) is 72.1 cm³/mol. The average Bonchev–Trinajstić information content (AvgIpc) is 2.34. The van der Waals surface area contributed by atoms with E-state index >= 15 is 0 Å². The number of rotatable bonds is 3. The Morgan fingerprint density at radius 3 is 2.53 bits per heavy atom. The van der Waals surface area contributed by atoms with Crippen LogP contribution in [0.5, 0.6) is 0 Å². The summed E-state index contributed by atoms with van der Waals surface area (Å²) >= 11 is 1.92. The van der Waals surface area contributed by atoms with E-state index in [9.17, 15) is 4.39 Å². The van der Waals surface area contributed by atoms with Gasteiger partial charge in [0.25, 0.3) is 0 Å². The molecule has 3 heteroatoms. The van der Waals surface area contributed by atoms with E-state index in [0.717, 1.165) is 5.56 Å². The first-order chi connectivity index (χ1) is 8.19. The van der Waals surface area contributed by atoms with Gasteiger partial charge in [-0.25, -0.2) is 4.39 Å². The van der Waals surface area contributed by atoms with Crippen molar-refractivity contribution in [2.75, 3.05) is 7.05 Å². The molecule has 0 saturated heterocycles. The summed E-state index contributed by atoms with van der Waals surface area (Å²) in [4.78, 5) is 1.24. The fraction of sp³-hybridized carbons (Fsp3) is 0.571. The molecular formula is C14H20FNS. The molecule has 1 aliphatic rings. The van der Waals surface area contributed by atoms with Crippen LogP contribution in [0.4, 0.5) is 4.39 Å². The third kappa shape index (κ3) is 3.46. The number of halogens is 1. The smallest absolute Gasteiger partial charge is 0.123 e. The number of hydrogen-bond acceptors (Lipinski definition) is 2. The molecule has 0 bridgehead atoms. The minimum atomic E-state index is -0.134. The molecular weight excluding hydrogens is 233 g/mol. The molecule has 1 nitrogen and oxygen atoms in total. The van der Waals surface area contributed by atoms with Gasteiger partial charge < -0.3 is 5.32 Å². The molecule has 1 fully saturated rings. The minimum Gasteiger partial charge on any atom is -0.317 e. The van der Waals surface area contributed by atoms with Gasteiger partial charge in [0, 0.05) is 16.2 Å². The molecule has 1 N–H and O–H groups in total. The molecule has 0 amide bonds. The molecule has 0 unspecified atom stereocenters. The van der Waals surface area contributed by atoms with E-state index in [1.165, 1.54) is 30.6 Å². The zero-order valence-electron chi connectivity index (χ0n) is 10.5. The molecule has 0 radical (unpaired) electrons. The van der Waals surface area contributed by atoms with Crippen molar-refractivity contribution in [1.82, 2.24) is 5.32 Å². The number of nitrogens with one attached hydrogen (secondary N) is 1. The number of hydrogen-bond donors (Lipinski definition) is 1. The van der Waals surface area contributed by atoms with Gasteiger partial charge in [0.15, 0.2) is 0 Å². The van der Waals surface area contributed by atoms with E-state index in [4.69, 9.17) is 0 Å². The normalized spacial score (nSPS) is 24.9. The quantitative estimate of drug-likeness (QED) is 0.880. The second-order valence-corrected chi connectivity index (χ2v) is 6.13. The fourth-order valence-electron chi connectivity index (χ4n) is 2.39. The minimum absolute atomic E-state index is 0.134. The van der Waals surface area contributed by atoms with Crippen molar-refractivity contribution >= 4 is 11.8 Å². The summed E-state index contributed by atoms with van der Waals surface area (Å²) in [5.41, 5.74) is 1.06. The van der Waals surface area contributed by atoms with Crippen LogP contribution in [0.15, 0.2) is 23.1 Å². The second-order valence-electron chi connectivity index (χ2n) is 4.79. The first kappa shape index (κ1) is 12.9. The van der Waals surface area contributed by atoms with Crippen LogP contribution in [0.25, 0.3) is 0 Å². The lowest BCUT2D eigenvalue weighted by Gasteiger charge is -2.28. The van der Waals surface area contributed by atoms with E-state index < -0.39 is 0 Å². The Kier molecular flexibility index (Phi) is 4.46. The topological polar surface area (TPSA) is 12.0 Å². The summed E-state index contributed by atoms with van der Waals surface area (Å²) in [6.07, 6.45) is 5.03. The summed E-state index contributed by atoms with van der Waals surface area (Å²) in [6.45, 7) is 1.99. The Morgan fingerprint density at radius 1 is 1.24 bits per heavy atom. The van der Waals surface area contributed by atoms with Crippen LogP contribution in [0.1, 0.15) is 31.2 Å². The predicted octanol–water partition coefficient (Wildman–Crippen LogP) is 3.76. The van der Waals surface area contributed by atoms with Crippen LogP contribution in [0.2, 0.25) is 0 Å². The molecule has 94 valence electrons. The highest BCUT2D eigenvalue weighted by Gasteiger charge is 2.21. The molecule has 0 spiro atoms. The van der Waals surface area contributed by atoms with Crippen LogP contribution >= 0.6 is 11.8 Å². The third-order valence-electron chi connectivity index (χ3n) is 3.51. The first-order valence-corrected chi connectivity index (χ1v) is 7.17. The van der Waals surface area contributed by atoms with Gasteiger partial charge in [-0.3, -0.25) is 0 Å². The van der Waals surface area contributed by atoms with Gasteiger partial charge in [-0.2, -0.15) is 0 Å². The van der Waals surface area contributed by atoms with Crippen LogP contribution in [-0.2, 0) is 0 Å². The highest BCUT2D eigenvalue weighted by atomic mass is 32.2. The Balaban J connectivity index is 1.93. The summed E-state index contributed by atoms with van der Waals surface area (Å²) < 4.78 is 13.0. The highest BCUT2D eigenvalue weighted by molar-refractivity contribution is 8.00. The summed E-state index contributed by atoms with van der Waals surface area (Å²) in [7, 11) is 2.04. The summed E-state index contributed by atoms with van der Waals surface area (Å²) in [5.74, 6) is -0.134. The standard InChI is InChI=1S/C14H20FNS/c1-10-9-11(15)3-8-14(10)17-13-6-4-12(16-2)5-7-13/h3,8-9,12-13,16H,4-7H2,1-2H3. The molecule has 0 heterocycles. The van der Waals surface area contributed by atoms with E-state index in [-0.39, 0.29) is 5.82 Å². The maximum Gasteiger partial charge on any atom is 0.123 e. The molecule has 1 saturated carbocycles. The van der Waals surface area contributed by atoms with Gasteiger partial charge in [-0.05, 0) is 63.4 Å². The number of aryl methyl sites for hydroxylation is 1. The van der Waals surface area contributed by atoms with Crippen LogP contribution in [-0.4, -0.2) is 18.3 Å². The van der Waals surface area contributed by atoms with E-state index in [1.54, 1.807) is 12.1 Å². The molecule has 2 rings (SSSR count). The first-order valence-electron chi connectivity index (χ1n) is 6.29. The van der Waals surface area contributed by atoms with Gasteiger partial charge in [-0.1, -0.05) is 0 Å². The molecule has 0 atom stereocenters. The van der Waals surface area contributed by atoms with Crippen molar-refractivity contribution in [3.63, 3.8) is 0 Å². The SMILES string of the molecule is CNC1CCC(Sc2ccc(F)cc2C)CC1. The maximum absolute atomic E-state index is 13.0. The van der Waals surface area contributed by atoms with Crippen molar-refractivity contribution in [3.8, 4) is 0 Å². The van der Waals surface area contributed by atoms with E-state index in [0.29, 0.717) is 11.3 Å². The average molecular weight is 253 g/mol. The summed E-state index contributed by atoms with van der Waals surface area (Å²) in [6, 6.07) is 5.80. The van der Waals surface area contributed by atoms with Crippen molar-refractivity contribution in [2.45, 2.75) is 48.8 Å². The lowest BCUT2D eigenvalue weighted by atomic mass is 9.95. The van der Waals surface area contributed by atoms with Gasteiger partial charge >= 0.3 is 0 Å². The van der Waals surface area contributed by atoms with Crippen LogP contribution < -0.4 is 5.32 Å². The highest BCUT2D eigenvalue weighted by Crippen LogP contribution is 2.35. The van der Waals surface area contributed by atoms with Crippen molar-refractivity contribution in [1.29, 1.82) is 0 Å². The van der Waals surface area contributed by atoms with Gasteiger partial charge in [0.2, 0.25) is 0 Å².